The summed E-state index contributed by atoms with van der Waals surface area (Å²) in [6.45, 7) is 1.32. The predicted octanol–water partition coefficient (Wildman–Crippen LogP) is 3.16. The lowest BCUT2D eigenvalue weighted by Crippen LogP contribution is -2.49. The molecule has 1 amide bonds. The van der Waals surface area contributed by atoms with Crippen molar-refractivity contribution in [3.8, 4) is 12.3 Å². The monoisotopic (exact) mass is 325 g/mol. The fraction of sp³-hybridized carbons (Fsp3) is 0.526. The lowest BCUT2D eigenvalue weighted by Gasteiger charge is -2.38. The van der Waals surface area contributed by atoms with Gasteiger partial charge in [0.15, 0.2) is 5.66 Å². The van der Waals surface area contributed by atoms with E-state index in [-0.39, 0.29) is 11.4 Å². The van der Waals surface area contributed by atoms with Crippen LogP contribution in [0.3, 0.4) is 0 Å². The molecule has 5 heteroatoms. The van der Waals surface area contributed by atoms with Crippen molar-refractivity contribution >= 4 is 5.91 Å². The van der Waals surface area contributed by atoms with Gasteiger partial charge in [-0.2, -0.15) is 10.2 Å². The fourth-order valence-electron chi connectivity index (χ4n) is 3.27. The van der Waals surface area contributed by atoms with Gasteiger partial charge in [-0.05, 0) is 18.4 Å². The maximum absolute atomic E-state index is 12.6. The summed E-state index contributed by atoms with van der Waals surface area (Å²) >= 11 is 0. The van der Waals surface area contributed by atoms with E-state index in [0.29, 0.717) is 32.5 Å². The molecule has 5 nitrogen and oxygen atoms in total. The summed E-state index contributed by atoms with van der Waals surface area (Å²) in [6, 6.07) is 10.2. The Hall–Kier alpha value is -2.19. The van der Waals surface area contributed by atoms with Gasteiger partial charge in [0.25, 0.3) is 0 Å². The third-order valence-corrected chi connectivity index (χ3v) is 4.86. The highest BCUT2D eigenvalue weighted by Gasteiger charge is 2.40. The highest BCUT2D eigenvalue weighted by molar-refractivity contribution is 5.77. The lowest BCUT2D eigenvalue weighted by molar-refractivity contribution is -0.124. The number of hydrogen-bond acceptors (Lipinski definition) is 4. The van der Waals surface area contributed by atoms with Gasteiger partial charge in [0, 0.05) is 38.9 Å². The van der Waals surface area contributed by atoms with E-state index in [2.05, 4.69) is 33.6 Å². The molecule has 2 aliphatic heterocycles. The van der Waals surface area contributed by atoms with Gasteiger partial charge in [-0.25, -0.2) is 0 Å². The highest BCUT2D eigenvalue weighted by Crippen LogP contribution is 2.38. The maximum atomic E-state index is 12.6. The van der Waals surface area contributed by atoms with Crippen LogP contribution in [-0.2, 0) is 15.1 Å². The van der Waals surface area contributed by atoms with Crippen LogP contribution in [0.4, 0.5) is 0 Å². The van der Waals surface area contributed by atoms with Crippen LogP contribution in [0, 0.1) is 12.3 Å². The van der Waals surface area contributed by atoms with Gasteiger partial charge in [0.1, 0.15) is 0 Å². The summed E-state index contributed by atoms with van der Waals surface area (Å²) in [5, 5.41) is 11.5. The van der Waals surface area contributed by atoms with Gasteiger partial charge >= 0.3 is 0 Å². The van der Waals surface area contributed by atoms with E-state index in [1.165, 1.54) is 0 Å². The van der Waals surface area contributed by atoms with Crippen LogP contribution in [0.5, 0.6) is 0 Å². The summed E-state index contributed by atoms with van der Waals surface area (Å²) in [7, 11) is 0. The Bertz CT molecular complexity index is 636. The molecule has 1 aromatic rings. The molecule has 3 rings (SSSR count). The van der Waals surface area contributed by atoms with E-state index in [1.807, 2.05) is 18.2 Å². The first-order valence-corrected chi connectivity index (χ1v) is 8.50. The number of rotatable bonds is 7. The van der Waals surface area contributed by atoms with Crippen LogP contribution in [0.2, 0.25) is 0 Å². The topological polar surface area (TPSA) is 63.0 Å². The Morgan fingerprint density at radius 2 is 1.92 bits per heavy atom. The molecular formula is C19H23N3O2. The van der Waals surface area contributed by atoms with Crippen LogP contribution in [0.15, 0.2) is 40.6 Å². The summed E-state index contributed by atoms with van der Waals surface area (Å²) in [6.07, 6.45) is 9.29. The number of benzene rings is 1. The molecule has 2 aliphatic rings. The Balaban J connectivity index is 1.61. The van der Waals surface area contributed by atoms with Gasteiger partial charge in [0.05, 0.1) is 5.54 Å². The summed E-state index contributed by atoms with van der Waals surface area (Å²) in [4.78, 5) is 12.6. The predicted molar refractivity (Wildman–Crippen MR) is 91.2 cm³/mol. The third kappa shape index (κ3) is 3.82. The minimum absolute atomic E-state index is 0.0399. The van der Waals surface area contributed by atoms with Crippen molar-refractivity contribution < 1.29 is 9.53 Å². The van der Waals surface area contributed by atoms with Crippen LogP contribution in [-0.4, -0.2) is 24.8 Å². The standard InChI is InChI=1S/C19H23N3O2/c1-2-3-10-19(21-22-19)11-9-17(23)20-18(12-14-24-15-13-18)16-7-5-4-6-8-16/h1,4-8H,3,9-15H2,(H,20,23). The second-order valence-electron chi connectivity index (χ2n) is 6.50. The quantitative estimate of drug-likeness (QED) is 0.783. The Kier molecular flexibility index (Phi) is 4.96. The minimum atomic E-state index is -0.403. The SMILES string of the molecule is C#CCCC1(CCC(=O)NC2(c3ccccc3)CCOCC2)N=N1. The van der Waals surface area contributed by atoms with Crippen molar-refractivity contribution in [1.29, 1.82) is 0 Å². The number of nitrogens with one attached hydrogen (secondary N) is 1. The molecule has 2 heterocycles. The van der Waals surface area contributed by atoms with E-state index < -0.39 is 5.66 Å². The van der Waals surface area contributed by atoms with Crippen LogP contribution in [0.25, 0.3) is 0 Å². The third-order valence-electron chi connectivity index (χ3n) is 4.86. The van der Waals surface area contributed by atoms with Crippen molar-refractivity contribution in [3.05, 3.63) is 35.9 Å². The van der Waals surface area contributed by atoms with E-state index in [9.17, 15) is 4.79 Å². The molecule has 1 fully saturated rings. The Morgan fingerprint density at radius 3 is 2.54 bits per heavy atom. The van der Waals surface area contributed by atoms with Crippen molar-refractivity contribution in [2.24, 2.45) is 10.2 Å². The largest absolute Gasteiger partial charge is 0.381 e. The van der Waals surface area contributed by atoms with Crippen LogP contribution in [0.1, 0.15) is 44.1 Å². The molecule has 1 saturated heterocycles. The molecule has 126 valence electrons. The lowest BCUT2D eigenvalue weighted by atomic mass is 9.82. The number of terminal acetylenes is 1. The molecule has 24 heavy (non-hydrogen) atoms. The van der Waals surface area contributed by atoms with Gasteiger partial charge in [0.2, 0.25) is 5.91 Å². The number of carbonyl (C=O) groups is 1. The number of hydrogen-bond donors (Lipinski definition) is 1. The molecule has 0 spiro atoms. The van der Waals surface area contributed by atoms with Crippen molar-refractivity contribution in [2.45, 2.75) is 49.7 Å². The van der Waals surface area contributed by atoms with Crippen molar-refractivity contribution in [2.75, 3.05) is 13.2 Å². The molecule has 0 aliphatic carbocycles. The molecule has 0 radical (unpaired) electrons. The first kappa shape index (κ1) is 16.7. The molecule has 0 bridgehead atoms. The molecule has 0 aromatic heterocycles. The first-order chi connectivity index (χ1) is 11.7. The number of nitrogens with zero attached hydrogens (tertiary/aromatic N) is 2. The van der Waals surface area contributed by atoms with Gasteiger partial charge in [-0.3, -0.25) is 4.79 Å². The molecule has 0 unspecified atom stereocenters. The van der Waals surface area contributed by atoms with E-state index in [0.717, 1.165) is 24.8 Å². The number of ether oxygens (including phenoxy) is 1. The molecule has 0 saturated carbocycles. The Labute approximate surface area is 142 Å². The smallest absolute Gasteiger partial charge is 0.220 e. The average molecular weight is 325 g/mol. The molecule has 1 N–H and O–H groups in total. The molecular weight excluding hydrogens is 302 g/mol. The first-order valence-electron chi connectivity index (χ1n) is 8.50. The second kappa shape index (κ2) is 7.14. The summed E-state index contributed by atoms with van der Waals surface area (Å²) in [5.41, 5.74) is 0.407. The molecule has 0 atom stereocenters. The maximum Gasteiger partial charge on any atom is 0.220 e. The van der Waals surface area contributed by atoms with E-state index >= 15 is 0 Å². The summed E-state index contributed by atoms with van der Waals surface area (Å²) < 4.78 is 5.50. The van der Waals surface area contributed by atoms with Gasteiger partial charge in [-0.1, -0.05) is 30.3 Å². The zero-order valence-electron chi connectivity index (χ0n) is 13.8. The Morgan fingerprint density at radius 1 is 1.21 bits per heavy atom. The fourth-order valence-corrected chi connectivity index (χ4v) is 3.27. The second-order valence-corrected chi connectivity index (χ2v) is 6.50. The van der Waals surface area contributed by atoms with E-state index in [1.54, 1.807) is 0 Å². The minimum Gasteiger partial charge on any atom is -0.381 e. The van der Waals surface area contributed by atoms with E-state index in [4.69, 9.17) is 11.2 Å². The number of carbonyl (C=O) groups excluding carboxylic acids is 1. The van der Waals surface area contributed by atoms with Crippen LogP contribution >= 0.6 is 0 Å². The zero-order valence-corrected chi connectivity index (χ0v) is 13.8. The average Bonchev–Trinajstić information content (AvgIpc) is 3.40. The normalized spacial score (nSPS) is 20.1. The number of amides is 1. The van der Waals surface area contributed by atoms with Crippen molar-refractivity contribution in [3.63, 3.8) is 0 Å². The van der Waals surface area contributed by atoms with Gasteiger partial charge in [-0.15, -0.1) is 12.3 Å². The van der Waals surface area contributed by atoms with Crippen molar-refractivity contribution in [1.82, 2.24) is 5.32 Å². The zero-order chi connectivity index (χ0) is 16.9. The summed E-state index contributed by atoms with van der Waals surface area (Å²) in [5.74, 6) is 2.65. The van der Waals surface area contributed by atoms with Gasteiger partial charge < -0.3 is 10.1 Å². The highest BCUT2D eigenvalue weighted by atomic mass is 16.5. The van der Waals surface area contributed by atoms with Crippen LogP contribution < -0.4 is 5.32 Å². The molecule has 1 aromatic carbocycles.